The largest absolute Gasteiger partial charge is 0.508 e. The topological polar surface area (TPSA) is 188 Å². The number of phenols is 1. The van der Waals surface area contributed by atoms with Gasteiger partial charge in [-0.3, -0.25) is 24.2 Å². The molecule has 1 saturated heterocycles. The molecule has 41 heavy (non-hydrogen) atoms. The van der Waals surface area contributed by atoms with E-state index >= 15 is 0 Å². The van der Waals surface area contributed by atoms with Gasteiger partial charge in [0.2, 0.25) is 5.78 Å². The summed E-state index contributed by atoms with van der Waals surface area (Å²) in [5.74, 6) is -6.63. The van der Waals surface area contributed by atoms with Crippen LogP contribution in [0.1, 0.15) is 23.1 Å². The van der Waals surface area contributed by atoms with Gasteiger partial charge >= 0.3 is 0 Å². The number of nitrogens with two attached hydrogens (primary N) is 1. The predicted molar refractivity (Wildman–Crippen MR) is 146 cm³/mol. The summed E-state index contributed by atoms with van der Waals surface area (Å²) in [7, 11) is 3.13. The van der Waals surface area contributed by atoms with E-state index < -0.39 is 58.0 Å². The van der Waals surface area contributed by atoms with Crippen LogP contribution in [-0.4, -0.2) is 86.5 Å². The fourth-order valence-corrected chi connectivity index (χ4v) is 7.19. The summed E-state index contributed by atoms with van der Waals surface area (Å²) in [4.78, 5) is 42.9. The van der Waals surface area contributed by atoms with E-state index in [2.05, 4.69) is 11.0 Å². The molecule has 6 rings (SSSR count). The Labute approximate surface area is 235 Å². The van der Waals surface area contributed by atoms with Gasteiger partial charge in [-0.15, -0.1) is 0 Å². The van der Waals surface area contributed by atoms with Crippen molar-refractivity contribution in [3.63, 3.8) is 0 Å². The van der Waals surface area contributed by atoms with Crippen molar-refractivity contribution in [2.75, 3.05) is 27.2 Å². The quantitative estimate of drug-likeness (QED) is 0.340. The number of aliphatic hydroxyl groups is 3. The lowest BCUT2D eigenvalue weighted by Crippen LogP contribution is -2.65. The fraction of sp³-hybridized carbons (Fsp3) is 0.400. The molecule has 0 radical (unpaired) electrons. The van der Waals surface area contributed by atoms with Gasteiger partial charge in [0.1, 0.15) is 22.8 Å². The SMILES string of the molecule is CN(C)[C@@H]1C(=O)C(C(N)=O)=C(O)[C@@]2(O)C(=O)C3=C(O)c4c(cc5ccc(CN6CC(C#N)C6)cc5c4O)C[C@H]3C[C@@H]12. The minimum Gasteiger partial charge on any atom is -0.508 e. The van der Waals surface area contributed by atoms with Gasteiger partial charge in [0.25, 0.3) is 5.91 Å². The van der Waals surface area contributed by atoms with Crippen LogP contribution in [-0.2, 0) is 27.3 Å². The van der Waals surface area contributed by atoms with Crippen LogP contribution in [0.2, 0.25) is 0 Å². The Morgan fingerprint density at radius 2 is 1.90 bits per heavy atom. The third-order valence-corrected chi connectivity index (χ3v) is 9.14. The van der Waals surface area contributed by atoms with E-state index in [1.54, 1.807) is 14.1 Å². The summed E-state index contributed by atoms with van der Waals surface area (Å²) in [6.45, 7) is 1.93. The average molecular weight is 559 g/mol. The van der Waals surface area contributed by atoms with Gasteiger partial charge in [-0.1, -0.05) is 18.2 Å². The second-order valence-electron chi connectivity index (χ2n) is 11.8. The minimum atomic E-state index is -2.66. The molecular weight excluding hydrogens is 528 g/mol. The Bertz CT molecular complexity index is 1660. The van der Waals surface area contributed by atoms with E-state index in [0.717, 1.165) is 10.9 Å². The van der Waals surface area contributed by atoms with Crippen molar-refractivity contribution in [1.82, 2.24) is 9.80 Å². The van der Waals surface area contributed by atoms with Crippen molar-refractivity contribution in [2.24, 2.45) is 23.5 Å². The van der Waals surface area contributed by atoms with Gasteiger partial charge in [0.05, 0.1) is 23.6 Å². The zero-order valence-corrected chi connectivity index (χ0v) is 22.6. The molecule has 11 heteroatoms. The molecule has 1 amide bonds. The molecule has 11 nitrogen and oxygen atoms in total. The van der Waals surface area contributed by atoms with Crippen molar-refractivity contribution in [2.45, 2.75) is 31.0 Å². The lowest BCUT2D eigenvalue weighted by molar-refractivity contribution is -0.153. The molecule has 0 bridgehead atoms. The van der Waals surface area contributed by atoms with Crippen LogP contribution < -0.4 is 5.73 Å². The monoisotopic (exact) mass is 558 g/mol. The number of fused-ring (bicyclic) bond motifs is 4. The van der Waals surface area contributed by atoms with Crippen LogP contribution in [0.15, 0.2) is 41.2 Å². The van der Waals surface area contributed by atoms with Gasteiger partial charge in [0, 0.05) is 36.5 Å². The molecule has 2 fully saturated rings. The summed E-state index contributed by atoms with van der Waals surface area (Å²) < 4.78 is 0. The molecule has 0 unspecified atom stereocenters. The summed E-state index contributed by atoms with van der Waals surface area (Å²) in [5.41, 5.74) is 3.28. The second-order valence-corrected chi connectivity index (χ2v) is 11.8. The molecule has 0 aromatic heterocycles. The van der Waals surface area contributed by atoms with Gasteiger partial charge in [-0.2, -0.15) is 5.26 Å². The second kappa shape index (κ2) is 9.14. The number of likely N-dealkylation sites (tertiary alicyclic amines) is 1. The first-order chi connectivity index (χ1) is 19.4. The Balaban J connectivity index is 1.46. The number of rotatable bonds is 4. The third kappa shape index (κ3) is 3.71. The number of hydrogen-bond donors (Lipinski definition) is 5. The molecule has 4 aliphatic rings. The average Bonchev–Trinajstić information content (AvgIpc) is 2.88. The Morgan fingerprint density at radius 3 is 2.54 bits per heavy atom. The van der Waals surface area contributed by atoms with Gasteiger partial charge < -0.3 is 26.2 Å². The Hall–Kier alpha value is -4.24. The first-order valence-electron chi connectivity index (χ1n) is 13.4. The molecule has 6 N–H and O–H groups in total. The van der Waals surface area contributed by atoms with Gasteiger partial charge in [0.15, 0.2) is 11.4 Å². The lowest BCUT2D eigenvalue weighted by Gasteiger charge is -2.50. The number of likely N-dealkylation sites (N-methyl/N-ethyl adjacent to an activating group) is 1. The number of carbonyl (C=O) groups excluding carboxylic acids is 3. The maximum Gasteiger partial charge on any atom is 0.255 e. The Morgan fingerprint density at radius 1 is 1.20 bits per heavy atom. The van der Waals surface area contributed by atoms with E-state index in [-0.39, 0.29) is 35.6 Å². The van der Waals surface area contributed by atoms with Crippen molar-refractivity contribution >= 4 is 34.0 Å². The highest BCUT2D eigenvalue weighted by Gasteiger charge is 2.64. The van der Waals surface area contributed by atoms with Gasteiger partial charge in [-0.05, 0) is 55.4 Å². The fourth-order valence-electron chi connectivity index (χ4n) is 7.19. The van der Waals surface area contributed by atoms with Crippen molar-refractivity contribution in [3.05, 3.63) is 57.9 Å². The highest BCUT2D eigenvalue weighted by Crippen LogP contribution is 2.53. The first kappa shape index (κ1) is 27.0. The number of phenolic OH excluding ortho intramolecular Hbond substituents is 1. The molecule has 4 atom stereocenters. The summed E-state index contributed by atoms with van der Waals surface area (Å²) in [5, 5.41) is 55.8. The molecule has 0 spiro atoms. The third-order valence-electron chi connectivity index (χ3n) is 9.14. The molecule has 1 heterocycles. The number of benzene rings is 2. The highest BCUT2D eigenvalue weighted by molar-refractivity contribution is 6.24. The lowest BCUT2D eigenvalue weighted by atomic mass is 9.57. The molecule has 2 aromatic carbocycles. The number of hydrogen-bond acceptors (Lipinski definition) is 10. The first-order valence-corrected chi connectivity index (χ1v) is 13.4. The van der Waals surface area contributed by atoms with Crippen LogP contribution in [0.3, 0.4) is 0 Å². The summed E-state index contributed by atoms with van der Waals surface area (Å²) >= 11 is 0. The zero-order valence-electron chi connectivity index (χ0n) is 22.6. The van der Waals surface area contributed by atoms with Crippen LogP contribution in [0, 0.1) is 29.1 Å². The molecule has 3 aliphatic carbocycles. The standard InChI is InChI=1S/C30H30N4O7/c1-33(2)23-19-8-17-7-16-6-15-4-3-13(10-34-11-14(9-31)12-34)5-18(15)24(35)20(16)25(36)21(17)27(38)30(19,41)28(39)22(26(23)37)29(32)40/h3-6,14,17,19,23,35-36,39,41H,7-8,10-12H2,1-2H3,(H2,32,40)/t17-,19-,23-,30-/m0/s1. The predicted octanol–water partition coefficient (Wildman–Crippen LogP) is 1.07. The van der Waals surface area contributed by atoms with Crippen LogP contribution >= 0.6 is 0 Å². The van der Waals surface area contributed by atoms with Crippen LogP contribution in [0.4, 0.5) is 0 Å². The number of ketones is 2. The molecule has 1 saturated carbocycles. The number of nitriles is 1. The summed E-state index contributed by atoms with van der Waals surface area (Å²) in [6.07, 6.45) is 0.284. The maximum absolute atomic E-state index is 14.0. The minimum absolute atomic E-state index is 0.0125. The molecule has 212 valence electrons. The van der Waals surface area contributed by atoms with Crippen molar-refractivity contribution in [3.8, 4) is 11.8 Å². The van der Waals surface area contributed by atoms with Crippen LogP contribution in [0.5, 0.6) is 5.75 Å². The number of primary amides is 1. The molecule has 1 aliphatic heterocycles. The summed E-state index contributed by atoms with van der Waals surface area (Å²) in [6, 6.07) is 8.60. The molecule has 2 aromatic rings. The number of Topliss-reactive ketones (excluding diaryl/α,β-unsaturated/α-hetero) is 2. The van der Waals surface area contributed by atoms with Crippen LogP contribution in [0.25, 0.3) is 16.5 Å². The number of nitrogens with zero attached hydrogens (tertiary/aromatic N) is 3. The number of carbonyl (C=O) groups is 3. The maximum atomic E-state index is 14.0. The zero-order chi connectivity index (χ0) is 29.5. The normalized spacial score (nSPS) is 28.3. The van der Waals surface area contributed by atoms with E-state index in [4.69, 9.17) is 11.0 Å². The van der Waals surface area contributed by atoms with Gasteiger partial charge in [-0.25, -0.2) is 0 Å². The Kier molecular flexibility index (Phi) is 6.01. The van der Waals surface area contributed by atoms with E-state index in [1.807, 2.05) is 24.3 Å². The van der Waals surface area contributed by atoms with Crippen molar-refractivity contribution < 1.29 is 34.8 Å². The van der Waals surface area contributed by atoms with E-state index in [9.17, 15) is 34.8 Å². The van der Waals surface area contributed by atoms with E-state index in [1.165, 1.54) is 4.90 Å². The highest BCUT2D eigenvalue weighted by atomic mass is 16.3. The number of aliphatic hydroxyl groups excluding tert-OH is 2. The number of amides is 1. The van der Waals surface area contributed by atoms with Crippen molar-refractivity contribution in [1.29, 1.82) is 5.26 Å². The van der Waals surface area contributed by atoms with E-state index in [0.29, 0.717) is 30.6 Å². The smallest absolute Gasteiger partial charge is 0.255 e. The molecular formula is C30H30N4O7. The number of aromatic hydroxyl groups is 1.